The van der Waals surface area contributed by atoms with Crippen LogP contribution in [0.25, 0.3) is 10.2 Å². The average molecular weight is 544 g/mol. The van der Waals surface area contributed by atoms with E-state index in [4.69, 9.17) is 9.47 Å². The number of aliphatic hydroxyl groups is 2. The molecule has 2 aliphatic heterocycles. The Bertz CT molecular complexity index is 1190. The molecule has 0 bridgehead atoms. The van der Waals surface area contributed by atoms with Gasteiger partial charge in [0.05, 0.1) is 51.0 Å². The fourth-order valence-electron chi connectivity index (χ4n) is 5.70. The van der Waals surface area contributed by atoms with Crippen molar-refractivity contribution in [2.24, 2.45) is 17.3 Å². The van der Waals surface area contributed by atoms with E-state index in [2.05, 4.69) is 18.5 Å². The number of Topliss-reactive ketones (excluding diaryl/α,β-unsaturated/α-hetero) is 1. The van der Waals surface area contributed by atoms with Crippen molar-refractivity contribution in [3.63, 3.8) is 0 Å². The van der Waals surface area contributed by atoms with E-state index in [1.807, 2.05) is 32.0 Å². The Labute approximate surface area is 229 Å². The number of fused-ring (bicyclic) bond motifs is 2. The van der Waals surface area contributed by atoms with Crippen molar-refractivity contribution in [3.8, 4) is 0 Å². The van der Waals surface area contributed by atoms with Crippen LogP contribution in [-0.2, 0) is 19.1 Å². The van der Waals surface area contributed by atoms with Crippen LogP contribution in [0, 0.1) is 24.2 Å². The minimum atomic E-state index is -1.27. The lowest BCUT2D eigenvalue weighted by Crippen LogP contribution is -2.46. The van der Waals surface area contributed by atoms with Gasteiger partial charge >= 0.3 is 5.97 Å². The van der Waals surface area contributed by atoms with E-state index >= 15 is 0 Å². The number of ketones is 1. The molecule has 0 radical (unpaired) electrons. The monoisotopic (exact) mass is 543 g/mol. The van der Waals surface area contributed by atoms with Crippen LogP contribution in [0.4, 0.5) is 0 Å². The highest BCUT2D eigenvalue weighted by Crippen LogP contribution is 2.47. The Kier molecular flexibility index (Phi) is 8.48. The number of allylic oxidation sites excluding steroid dienone is 1. The molecular weight excluding hydrogens is 502 g/mol. The number of esters is 1. The molecule has 2 aliphatic rings. The lowest BCUT2D eigenvalue weighted by molar-refractivity contribution is -0.156. The van der Waals surface area contributed by atoms with Gasteiger partial charge in [-0.15, -0.1) is 17.9 Å². The number of hydrogen-bond acceptors (Lipinski definition) is 8. The van der Waals surface area contributed by atoms with E-state index in [9.17, 15) is 19.8 Å². The van der Waals surface area contributed by atoms with Gasteiger partial charge in [0.1, 0.15) is 11.9 Å². The number of ether oxygens (including phenoxy) is 2. The SMILES string of the molecule is C=CC[C@H]1C(=O)C(C)(C)[C@@H](O)CC(=O)OC(c2ccc3sc(C)nc3c2)C[C@@H]2O[C@]2(C)CCC[C@H](C)C1O. The van der Waals surface area contributed by atoms with Crippen LogP contribution in [0.15, 0.2) is 30.9 Å². The van der Waals surface area contributed by atoms with Crippen molar-refractivity contribution in [3.05, 3.63) is 41.4 Å². The second kappa shape index (κ2) is 11.2. The number of thiazole rings is 1. The number of benzene rings is 1. The number of epoxide rings is 1. The first-order valence-corrected chi connectivity index (χ1v) is 14.4. The number of rotatable bonds is 3. The van der Waals surface area contributed by atoms with E-state index in [0.29, 0.717) is 12.8 Å². The smallest absolute Gasteiger partial charge is 0.309 e. The lowest BCUT2D eigenvalue weighted by atomic mass is 9.71. The van der Waals surface area contributed by atoms with E-state index < -0.39 is 35.6 Å². The first-order valence-electron chi connectivity index (χ1n) is 13.6. The molecule has 7 nitrogen and oxygen atoms in total. The van der Waals surface area contributed by atoms with Gasteiger partial charge in [0, 0.05) is 12.3 Å². The fourth-order valence-corrected chi connectivity index (χ4v) is 6.51. The molecule has 7 atom stereocenters. The molecule has 1 aromatic carbocycles. The number of carbonyl (C=O) groups is 2. The summed E-state index contributed by atoms with van der Waals surface area (Å²) in [5, 5.41) is 23.2. The van der Waals surface area contributed by atoms with E-state index in [1.54, 1.807) is 31.3 Å². The Morgan fingerprint density at radius 3 is 2.68 bits per heavy atom. The molecule has 3 heterocycles. The molecule has 2 aromatic rings. The van der Waals surface area contributed by atoms with Crippen LogP contribution >= 0.6 is 11.3 Å². The van der Waals surface area contributed by atoms with Gasteiger partial charge in [0.2, 0.25) is 0 Å². The van der Waals surface area contributed by atoms with E-state index in [0.717, 1.165) is 40.1 Å². The zero-order chi connectivity index (χ0) is 27.8. The Balaban J connectivity index is 1.63. The van der Waals surface area contributed by atoms with Crippen molar-refractivity contribution in [1.82, 2.24) is 4.98 Å². The molecule has 0 aliphatic carbocycles. The summed E-state index contributed by atoms with van der Waals surface area (Å²) in [6.45, 7) is 13.0. The van der Waals surface area contributed by atoms with E-state index in [-0.39, 0.29) is 29.8 Å². The third-order valence-electron chi connectivity index (χ3n) is 8.54. The molecule has 2 unspecified atom stereocenters. The summed E-state index contributed by atoms with van der Waals surface area (Å²) < 4.78 is 13.2. The number of carbonyl (C=O) groups excluding carboxylic acids is 2. The first-order chi connectivity index (χ1) is 17.9. The van der Waals surface area contributed by atoms with Crippen molar-refractivity contribution < 1.29 is 29.3 Å². The summed E-state index contributed by atoms with van der Waals surface area (Å²) >= 11 is 1.61. The normalized spacial score (nSPS) is 34.9. The quantitative estimate of drug-likeness (QED) is 0.301. The van der Waals surface area contributed by atoms with Crippen LogP contribution in [0.1, 0.15) is 82.9 Å². The summed E-state index contributed by atoms with van der Waals surface area (Å²) in [4.78, 5) is 31.3. The number of nitrogens with zero attached hydrogens (tertiary/aromatic N) is 1. The summed E-state index contributed by atoms with van der Waals surface area (Å²) in [5.74, 6) is -1.68. The highest BCUT2D eigenvalue weighted by molar-refractivity contribution is 7.18. The second-order valence-corrected chi connectivity index (χ2v) is 13.1. The van der Waals surface area contributed by atoms with Gasteiger partial charge in [-0.1, -0.05) is 39.3 Å². The predicted molar refractivity (Wildman–Crippen MR) is 148 cm³/mol. The number of aryl methyl sites for hydroxylation is 1. The molecule has 0 amide bonds. The van der Waals surface area contributed by atoms with Crippen LogP contribution in [0.2, 0.25) is 0 Å². The van der Waals surface area contributed by atoms with Crippen LogP contribution in [0.5, 0.6) is 0 Å². The fraction of sp³-hybridized carbons (Fsp3) is 0.633. The molecule has 208 valence electrons. The summed E-state index contributed by atoms with van der Waals surface area (Å²) in [7, 11) is 0. The van der Waals surface area contributed by atoms with Crippen molar-refractivity contribution >= 4 is 33.3 Å². The topological polar surface area (TPSA) is 109 Å². The Morgan fingerprint density at radius 1 is 1.24 bits per heavy atom. The largest absolute Gasteiger partial charge is 0.457 e. The second-order valence-electron chi connectivity index (χ2n) is 11.9. The molecule has 2 fully saturated rings. The molecule has 8 heteroatoms. The molecule has 1 aromatic heterocycles. The van der Waals surface area contributed by atoms with Crippen molar-refractivity contribution in [2.75, 3.05) is 0 Å². The molecule has 0 saturated carbocycles. The van der Waals surface area contributed by atoms with Gasteiger partial charge < -0.3 is 19.7 Å². The summed E-state index contributed by atoms with van der Waals surface area (Å²) in [5.41, 5.74) is 0.115. The summed E-state index contributed by atoms with van der Waals surface area (Å²) in [6, 6.07) is 5.92. The maximum Gasteiger partial charge on any atom is 0.309 e. The molecule has 2 saturated heterocycles. The van der Waals surface area contributed by atoms with E-state index in [1.165, 1.54) is 0 Å². The zero-order valence-corrected chi connectivity index (χ0v) is 23.9. The molecule has 2 N–H and O–H groups in total. The van der Waals surface area contributed by atoms with Crippen LogP contribution < -0.4 is 0 Å². The maximum absolute atomic E-state index is 13.6. The lowest BCUT2D eigenvalue weighted by Gasteiger charge is -2.35. The van der Waals surface area contributed by atoms with Crippen LogP contribution in [-0.4, -0.2) is 50.9 Å². The van der Waals surface area contributed by atoms with Gasteiger partial charge in [-0.3, -0.25) is 9.59 Å². The standard InChI is InChI=1S/C30H41NO6S/c1-7-9-20-27(34)17(2)10-8-13-30(6)25(37-30)15-22(19-11-12-23-21(14-19)31-18(3)38-23)36-26(33)16-24(32)29(4,5)28(20)35/h7,11-12,14,17,20,22,24-25,27,32,34H,1,8-10,13,15-16H2,2-6H3/t17-,20+,22?,24-,25-,27?,30+/m0/s1. The summed E-state index contributed by atoms with van der Waals surface area (Å²) in [6.07, 6.45) is 1.71. The van der Waals surface area contributed by atoms with Gasteiger partial charge in [0.15, 0.2) is 0 Å². The van der Waals surface area contributed by atoms with Crippen LogP contribution in [0.3, 0.4) is 0 Å². The number of aromatic nitrogens is 1. The van der Waals surface area contributed by atoms with Crippen molar-refractivity contribution in [2.45, 2.75) is 103 Å². The Hall–Kier alpha value is -2.13. The molecule has 4 rings (SSSR count). The number of hydrogen-bond donors (Lipinski definition) is 2. The average Bonchev–Trinajstić information content (AvgIpc) is 3.32. The van der Waals surface area contributed by atoms with Gasteiger partial charge in [-0.05, 0) is 56.7 Å². The van der Waals surface area contributed by atoms with Gasteiger partial charge in [0.25, 0.3) is 0 Å². The Morgan fingerprint density at radius 2 is 1.97 bits per heavy atom. The van der Waals surface area contributed by atoms with Gasteiger partial charge in [-0.2, -0.15) is 0 Å². The van der Waals surface area contributed by atoms with Crippen molar-refractivity contribution in [1.29, 1.82) is 0 Å². The maximum atomic E-state index is 13.6. The highest BCUT2D eigenvalue weighted by Gasteiger charge is 2.53. The first kappa shape index (κ1) is 28.9. The predicted octanol–water partition coefficient (Wildman–Crippen LogP) is 5.46. The zero-order valence-electron chi connectivity index (χ0n) is 23.1. The minimum absolute atomic E-state index is 0.0715. The number of cyclic esters (lactones) is 1. The number of aliphatic hydroxyl groups excluding tert-OH is 2. The highest BCUT2D eigenvalue weighted by atomic mass is 32.1. The molecule has 0 spiro atoms. The molecule has 38 heavy (non-hydrogen) atoms. The minimum Gasteiger partial charge on any atom is -0.457 e. The third-order valence-corrected chi connectivity index (χ3v) is 9.49. The third kappa shape index (κ3) is 6.03. The van der Waals surface area contributed by atoms with Gasteiger partial charge in [-0.25, -0.2) is 4.98 Å². The molecular formula is C30H41NO6S.